The van der Waals surface area contributed by atoms with Crippen molar-refractivity contribution in [2.24, 2.45) is 0 Å². The second kappa shape index (κ2) is 7.31. The number of fused-ring (bicyclic) bond motifs is 1. The molecule has 6 nitrogen and oxygen atoms in total. The molecule has 0 saturated heterocycles. The monoisotopic (exact) mass is 289 g/mol. The molecule has 2 rings (SSSR count). The molecule has 1 aromatic carbocycles. The molecule has 0 radical (unpaired) electrons. The number of nitrogens with zero attached hydrogens (tertiary/aromatic N) is 1. The molecule has 6 heteroatoms. The van der Waals surface area contributed by atoms with Gasteiger partial charge in [-0.3, -0.25) is 0 Å². The minimum atomic E-state index is -0.676. The van der Waals surface area contributed by atoms with Crippen LogP contribution >= 0.6 is 0 Å². The maximum Gasteiger partial charge on any atom is 0.348 e. The SMILES string of the molecule is COCCOC(=O)/C(C#N)=C/c1ccc2c(c1)OCCO2. The highest BCUT2D eigenvalue weighted by Gasteiger charge is 2.14. The molecular formula is C15H15NO5. The number of ether oxygens (including phenoxy) is 4. The molecular weight excluding hydrogens is 274 g/mol. The first-order valence-corrected chi connectivity index (χ1v) is 6.42. The van der Waals surface area contributed by atoms with Crippen molar-refractivity contribution in [2.75, 3.05) is 33.5 Å². The summed E-state index contributed by atoms with van der Waals surface area (Å²) in [5.74, 6) is 0.573. The third-order valence-corrected chi connectivity index (χ3v) is 2.74. The van der Waals surface area contributed by atoms with E-state index < -0.39 is 5.97 Å². The Morgan fingerprint density at radius 2 is 2.10 bits per heavy atom. The molecule has 0 amide bonds. The zero-order chi connectivity index (χ0) is 15.1. The van der Waals surface area contributed by atoms with Crippen LogP contribution in [0, 0.1) is 11.3 Å². The van der Waals surface area contributed by atoms with E-state index in [0.29, 0.717) is 30.3 Å². The highest BCUT2D eigenvalue weighted by molar-refractivity contribution is 5.97. The molecule has 0 aliphatic carbocycles. The van der Waals surface area contributed by atoms with E-state index in [2.05, 4.69) is 0 Å². The summed E-state index contributed by atoms with van der Waals surface area (Å²) < 4.78 is 20.5. The van der Waals surface area contributed by atoms with Crippen LogP contribution in [0.3, 0.4) is 0 Å². The first-order valence-electron chi connectivity index (χ1n) is 6.42. The Morgan fingerprint density at radius 3 is 2.81 bits per heavy atom. The lowest BCUT2D eigenvalue weighted by Crippen LogP contribution is -2.15. The number of nitriles is 1. The van der Waals surface area contributed by atoms with Gasteiger partial charge in [-0.1, -0.05) is 6.07 Å². The van der Waals surface area contributed by atoms with Crippen molar-refractivity contribution in [1.82, 2.24) is 0 Å². The van der Waals surface area contributed by atoms with Gasteiger partial charge in [-0.05, 0) is 23.8 Å². The number of methoxy groups -OCH3 is 1. The summed E-state index contributed by atoms with van der Waals surface area (Å²) in [7, 11) is 1.50. The van der Waals surface area contributed by atoms with E-state index in [1.54, 1.807) is 18.2 Å². The minimum Gasteiger partial charge on any atom is -0.486 e. The van der Waals surface area contributed by atoms with Crippen LogP contribution in [-0.4, -0.2) is 39.5 Å². The van der Waals surface area contributed by atoms with Gasteiger partial charge in [0.15, 0.2) is 11.5 Å². The largest absolute Gasteiger partial charge is 0.486 e. The second-order valence-electron chi connectivity index (χ2n) is 4.20. The summed E-state index contributed by atoms with van der Waals surface area (Å²) in [5, 5.41) is 9.05. The number of esters is 1. The second-order valence-corrected chi connectivity index (χ2v) is 4.20. The molecule has 0 saturated carbocycles. The van der Waals surface area contributed by atoms with Gasteiger partial charge in [0.25, 0.3) is 0 Å². The zero-order valence-corrected chi connectivity index (χ0v) is 11.6. The molecule has 0 aromatic heterocycles. The minimum absolute atomic E-state index is 0.0808. The molecule has 1 aromatic rings. The van der Waals surface area contributed by atoms with E-state index in [0.717, 1.165) is 0 Å². The summed E-state index contributed by atoms with van der Waals surface area (Å²) in [5.41, 5.74) is 0.585. The number of hydrogen-bond donors (Lipinski definition) is 0. The standard InChI is InChI=1S/C15H15NO5/c1-18-4-5-21-15(17)12(10-16)8-11-2-3-13-14(9-11)20-7-6-19-13/h2-3,8-9H,4-7H2,1H3/b12-8+. The van der Waals surface area contributed by atoms with Crippen LogP contribution in [0.2, 0.25) is 0 Å². The third-order valence-electron chi connectivity index (χ3n) is 2.74. The van der Waals surface area contributed by atoms with Gasteiger partial charge in [0.05, 0.1) is 6.61 Å². The van der Waals surface area contributed by atoms with Crippen LogP contribution in [0.5, 0.6) is 11.5 Å². The van der Waals surface area contributed by atoms with E-state index >= 15 is 0 Å². The molecule has 0 unspecified atom stereocenters. The van der Waals surface area contributed by atoms with Crippen molar-refractivity contribution >= 4 is 12.0 Å². The Balaban J connectivity index is 2.12. The molecule has 0 spiro atoms. The van der Waals surface area contributed by atoms with Crippen molar-refractivity contribution in [3.8, 4) is 17.6 Å². The number of carbonyl (C=O) groups is 1. The summed E-state index contributed by atoms with van der Waals surface area (Å²) in [4.78, 5) is 11.7. The quantitative estimate of drug-likeness (QED) is 0.354. The fourth-order valence-corrected chi connectivity index (χ4v) is 1.75. The first-order chi connectivity index (χ1) is 10.2. The van der Waals surface area contributed by atoms with Gasteiger partial charge < -0.3 is 18.9 Å². The Kier molecular flexibility index (Phi) is 5.18. The lowest BCUT2D eigenvalue weighted by molar-refractivity contribution is -0.139. The molecule has 21 heavy (non-hydrogen) atoms. The Morgan fingerprint density at radius 1 is 1.33 bits per heavy atom. The van der Waals surface area contributed by atoms with E-state index in [4.69, 9.17) is 24.2 Å². The molecule has 0 bridgehead atoms. The maximum absolute atomic E-state index is 11.7. The number of rotatable bonds is 5. The lowest BCUT2D eigenvalue weighted by atomic mass is 10.1. The Labute approximate surface area is 122 Å². The average molecular weight is 289 g/mol. The van der Waals surface area contributed by atoms with Gasteiger partial charge in [-0.25, -0.2) is 4.79 Å². The summed E-state index contributed by atoms with van der Waals surface area (Å²) in [6.45, 7) is 1.38. The highest BCUT2D eigenvalue weighted by Crippen LogP contribution is 2.31. The van der Waals surface area contributed by atoms with Gasteiger partial charge >= 0.3 is 5.97 Å². The third kappa shape index (κ3) is 3.97. The smallest absolute Gasteiger partial charge is 0.348 e. The first kappa shape index (κ1) is 14.9. The van der Waals surface area contributed by atoms with E-state index in [9.17, 15) is 4.79 Å². The van der Waals surface area contributed by atoms with Crippen molar-refractivity contribution in [3.05, 3.63) is 29.3 Å². The van der Waals surface area contributed by atoms with Crippen molar-refractivity contribution in [3.63, 3.8) is 0 Å². The summed E-state index contributed by atoms with van der Waals surface area (Å²) in [6, 6.07) is 7.03. The predicted molar refractivity (Wildman–Crippen MR) is 73.9 cm³/mol. The van der Waals surface area contributed by atoms with Crippen LogP contribution in [0.1, 0.15) is 5.56 Å². The van der Waals surface area contributed by atoms with Crippen molar-refractivity contribution < 1.29 is 23.7 Å². The van der Waals surface area contributed by atoms with Gasteiger partial charge in [0, 0.05) is 7.11 Å². The molecule has 0 fully saturated rings. The van der Waals surface area contributed by atoms with Gasteiger partial charge in [0.2, 0.25) is 0 Å². The number of carbonyl (C=O) groups excluding carboxylic acids is 1. The summed E-state index contributed by atoms with van der Waals surface area (Å²) in [6.07, 6.45) is 1.45. The van der Waals surface area contributed by atoms with Crippen molar-refractivity contribution in [2.45, 2.75) is 0 Å². The van der Waals surface area contributed by atoms with Crippen molar-refractivity contribution in [1.29, 1.82) is 5.26 Å². The predicted octanol–water partition coefficient (Wildman–Crippen LogP) is 1.55. The molecule has 1 heterocycles. The van der Waals surface area contributed by atoms with E-state index in [-0.39, 0.29) is 18.8 Å². The highest BCUT2D eigenvalue weighted by atomic mass is 16.6. The van der Waals surface area contributed by atoms with Crippen LogP contribution in [-0.2, 0) is 14.3 Å². The number of hydrogen-bond acceptors (Lipinski definition) is 6. The van der Waals surface area contributed by atoms with Gasteiger partial charge in [-0.15, -0.1) is 0 Å². The van der Waals surface area contributed by atoms with Gasteiger partial charge in [0.1, 0.15) is 31.5 Å². The Bertz CT molecular complexity index is 588. The molecule has 0 N–H and O–H groups in total. The van der Waals surface area contributed by atoms with Crippen LogP contribution in [0.25, 0.3) is 6.08 Å². The normalized spacial score (nSPS) is 13.4. The molecule has 1 aliphatic rings. The fraction of sp³-hybridized carbons (Fsp3) is 0.333. The molecule has 110 valence electrons. The molecule has 1 aliphatic heterocycles. The van der Waals surface area contributed by atoms with E-state index in [1.165, 1.54) is 13.2 Å². The fourth-order valence-electron chi connectivity index (χ4n) is 1.75. The topological polar surface area (TPSA) is 77.8 Å². The lowest BCUT2D eigenvalue weighted by Gasteiger charge is -2.18. The van der Waals surface area contributed by atoms with E-state index in [1.807, 2.05) is 6.07 Å². The molecule has 0 atom stereocenters. The zero-order valence-electron chi connectivity index (χ0n) is 11.6. The van der Waals surface area contributed by atoms with Gasteiger partial charge in [-0.2, -0.15) is 5.26 Å². The van der Waals surface area contributed by atoms with Crippen LogP contribution in [0.15, 0.2) is 23.8 Å². The average Bonchev–Trinajstić information content (AvgIpc) is 2.52. The number of benzene rings is 1. The van der Waals surface area contributed by atoms with Crippen LogP contribution in [0.4, 0.5) is 0 Å². The van der Waals surface area contributed by atoms with Crippen LogP contribution < -0.4 is 9.47 Å². The Hall–Kier alpha value is -2.52. The summed E-state index contributed by atoms with van der Waals surface area (Å²) >= 11 is 0. The maximum atomic E-state index is 11.7.